The number of hydrogen-bond donors (Lipinski definition) is 0. The molecule has 0 heterocycles. The van der Waals surface area contributed by atoms with Crippen LogP contribution < -0.4 is 4.74 Å². The number of carbonyl (C=O) groups is 2. The summed E-state index contributed by atoms with van der Waals surface area (Å²) >= 11 is 0. The van der Waals surface area contributed by atoms with Crippen LogP contribution in [-0.2, 0) is 20.7 Å². The molecule has 1 aromatic rings. The van der Waals surface area contributed by atoms with Crippen molar-refractivity contribution in [1.82, 2.24) is 0 Å². The van der Waals surface area contributed by atoms with E-state index in [2.05, 4.69) is 4.74 Å². The van der Waals surface area contributed by atoms with E-state index in [1.165, 1.54) is 12.1 Å². The van der Waals surface area contributed by atoms with Crippen molar-refractivity contribution >= 4 is 11.9 Å². The van der Waals surface area contributed by atoms with Crippen LogP contribution in [0.1, 0.15) is 18.9 Å². The highest BCUT2D eigenvalue weighted by atomic mass is 19.4. The fourth-order valence-corrected chi connectivity index (χ4v) is 1.49. The molecule has 23 heavy (non-hydrogen) atoms. The van der Waals surface area contributed by atoms with Gasteiger partial charge in [0.25, 0.3) is 0 Å². The first kappa shape index (κ1) is 18.9. The molecular weight excluding hydrogens is 327 g/mol. The summed E-state index contributed by atoms with van der Waals surface area (Å²) in [7, 11) is 0. The second kappa shape index (κ2) is 7.38. The first-order chi connectivity index (χ1) is 10.6. The fourth-order valence-electron chi connectivity index (χ4n) is 1.49. The van der Waals surface area contributed by atoms with Gasteiger partial charge in [-0.3, -0.25) is 4.79 Å². The normalized spacial score (nSPS) is 11.9. The summed E-state index contributed by atoms with van der Waals surface area (Å²) < 4.78 is 70.2. The zero-order valence-electron chi connectivity index (χ0n) is 12.0. The summed E-state index contributed by atoms with van der Waals surface area (Å²) in [5.74, 6) is -9.17. The third kappa shape index (κ3) is 5.19. The third-order valence-corrected chi connectivity index (χ3v) is 2.67. The highest BCUT2D eigenvalue weighted by molar-refractivity contribution is 5.80. The van der Waals surface area contributed by atoms with E-state index in [1.807, 2.05) is 0 Å². The van der Waals surface area contributed by atoms with Gasteiger partial charge in [0, 0.05) is 6.42 Å². The van der Waals surface area contributed by atoms with Crippen LogP contribution in [0, 0.1) is 0 Å². The van der Waals surface area contributed by atoms with Gasteiger partial charge in [-0.05, 0) is 31.0 Å². The number of benzene rings is 1. The van der Waals surface area contributed by atoms with Gasteiger partial charge in [0.15, 0.2) is 0 Å². The zero-order valence-corrected chi connectivity index (χ0v) is 12.0. The van der Waals surface area contributed by atoms with E-state index in [1.54, 1.807) is 6.92 Å². The number of esters is 2. The van der Waals surface area contributed by atoms with Gasteiger partial charge in [-0.1, -0.05) is 12.1 Å². The quantitative estimate of drug-likeness (QED) is 0.453. The van der Waals surface area contributed by atoms with Gasteiger partial charge in [-0.2, -0.15) is 22.0 Å². The molecule has 1 rings (SSSR count). The van der Waals surface area contributed by atoms with Crippen molar-refractivity contribution in [1.29, 1.82) is 0 Å². The highest BCUT2D eigenvalue weighted by Crippen LogP contribution is 2.36. The predicted molar refractivity (Wildman–Crippen MR) is 68.0 cm³/mol. The van der Waals surface area contributed by atoms with Gasteiger partial charge in [0.1, 0.15) is 5.75 Å². The first-order valence-corrected chi connectivity index (χ1v) is 6.49. The average Bonchev–Trinajstić information content (AvgIpc) is 2.45. The Morgan fingerprint density at radius 3 is 2.09 bits per heavy atom. The minimum absolute atomic E-state index is 0.0825. The van der Waals surface area contributed by atoms with Crippen LogP contribution in [0.15, 0.2) is 24.3 Å². The van der Waals surface area contributed by atoms with Crippen molar-refractivity contribution in [2.45, 2.75) is 31.9 Å². The van der Waals surface area contributed by atoms with Crippen molar-refractivity contribution in [3.63, 3.8) is 0 Å². The largest absolute Gasteiger partial charge is 0.466 e. The van der Waals surface area contributed by atoms with Gasteiger partial charge in [0.2, 0.25) is 0 Å². The van der Waals surface area contributed by atoms with Crippen LogP contribution in [0.25, 0.3) is 0 Å². The molecule has 0 aromatic heterocycles. The van der Waals surface area contributed by atoms with E-state index >= 15 is 0 Å². The highest BCUT2D eigenvalue weighted by Gasteiger charge is 2.65. The molecule has 0 aliphatic rings. The summed E-state index contributed by atoms with van der Waals surface area (Å²) in [6.07, 6.45) is -5.66. The lowest BCUT2D eigenvalue weighted by atomic mass is 10.1. The molecule has 4 nitrogen and oxygen atoms in total. The molecule has 0 aliphatic heterocycles. The van der Waals surface area contributed by atoms with Crippen LogP contribution >= 0.6 is 0 Å². The van der Waals surface area contributed by atoms with Crippen molar-refractivity contribution < 1.29 is 41.0 Å². The van der Waals surface area contributed by atoms with Gasteiger partial charge in [-0.15, -0.1) is 0 Å². The van der Waals surface area contributed by atoms with E-state index in [0.29, 0.717) is 5.56 Å². The Balaban J connectivity index is 2.64. The van der Waals surface area contributed by atoms with Gasteiger partial charge in [-0.25, -0.2) is 4.79 Å². The number of halogens is 5. The van der Waals surface area contributed by atoms with Crippen molar-refractivity contribution in [3.05, 3.63) is 29.8 Å². The molecule has 0 fully saturated rings. The van der Waals surface area contributed by atoms with Gasteiger partial charge >= 0.3 is 24.0 Å². The van der Waals surface area contributed by atoms with Gasteiger partial charge < -0.3 is 9.47 Å². The zero-order chi connectivity index (χ0) is 17.7. The van der Waals surface area contributed by atoms with E-state index < -0.39 is 29.8 Å². The standard InChI is InChI=1S/C14H13F5O4/c1-2-22-11(20)8-5-9-3-6-10(7-4-9)23-12(21)13(15,16)14(17,18)19/h3-4,6-7H,2,5,8H2,1H3. The minimum atomic E-state index is -6.02. The molecule has 0 radical (unpaired) electrons. The van der Waals surface area contributed by atoms with Crippen LogP contribution in [0.2, 0.25) is 0 Å². The Hall–Kier alpha value is -2.19. The summed E-state index contributed by atoms with van der Waals surface area (Å²) in [6, 6.07) is 4.80. The minimum Gasteiger partial charge on any atom is -0.466 e. The van der Waals surface area contributed by atoms with E-state index in [4.69, 9.17) is 4.74 Å². The summed E-state index contributed by atoms with van der Waals surface area (Å²) in [4.78, 5) is 22.1. The lowest BCUT2D eigenvalue weighted by molar-refractivity contribution is -0.276. The summed E-state index contributed by atoms with van der Waals surface area (Å²) in [6.45, 7) is 1.89. The maximum atomic E-state index is 12.7. The molecule has 0 spiro atoms. The van der Waals surface area contributed by atoms with E-state index in [9.17, 15) is 31.5 Å². The number of hydrogen-bond acceptors (Lipinski definition) is 4. The molecule has 0 atom stereocenters. The number of alkyl halides is 5. The van der Waals surface area contributed by atoms with E-state index in [-0.39, 0.29) is 19.4 Å². The van der Waals surface area contributed by atoms with Crippen molar-refractivity contribution in [3.8, 4) is 5.75 Å². The molecule has 0 amide bonds. The second-order valence-corrected chi connectivity index (χ2v) is 4.41. The summed E-state index contributed by atoms with van der Waals surface area (Å²) in [5, 5.41) is 0. The fraction of sp³-hybridized carbons (Fsp3) is 0.429. The Morgan fingerprint density at radius 2 is 1.61 bits per heavy atom. The molecule has 1 aromatic carbocycles. The Morgan fingerprint density at radius 1 is 1.04 bits per heavy atom. The molecule has 0 bridgehead atoms. The summed E-state index contributed by atoms with van der Waals surface area (Å²) in [5.41, 5.74) is 0.598. The van der Waals surface area contributed by atoms with Crippen LogP contribution in [0.5, 0.6) is 5.75 Å². The van der Waals surface area contributed by atoms with Crippen LogP contribution in [0.4, 0.5) is 22.0 Å². The van der Waals surface area contributed by atoms with Crippen molar-refractivity contribution in [2.75, 3.05) is 6.61 Å². The topological polar surface area (TPSA) is 52.6 Å². The molecule has 0 saturated carbocycles. The lowest BCUT2D eigenvalue weighted by Crippen LogP contribution is -2.46. The second-order valence-electron chi connectivity index (χ2n) is 4.41. The average molecular weight is 340 g/mol. The first-order valence-electron chi connectivity index (χ1n) is 6.49. The number of rotatable bonds is 6. The molecular formula is C14H13F5O4. The molecule has 9 heteroatoms. The number of aryl methyl sites for hydroxylation is 1. The smallest absolute Gasteiger partial charge is 0.465 e. The Bertz CT molecular complexity index is 551. The van der Waals surface area contributed by atoms with Crippen LogP contribution in [0.3, 0.4) is 0 Å². The predicted octanol–water partition coefficient (Wildman–Crippen LogP) is 3.29. The number of ether oxygens (including phenoxy) is 2. The molecule has 0 unspecified atom stereocenters. The van der Waals surface area contributed by atoms with Crippen molar-refractivity contribution in [2.24, 2.45) is 0 Å². The maximum Gasteiger partial charge on any atom is 0.465 e. The molecule has 0 saturated heterocycles. The molecule has 0 N–H and O–H groups in total. The third-order valence-electron chi connectivity index (χ3n) is 2.67. The Kier molecular flexibility index (Phi) is 6.05. The van der Waals surface area contributed by atoms with Crippen LogP contribution in [-0.4, -0.2) is 30.6 Å². The lowest BCUT2D eigenvalue weighted by Gasteiger charge is -2.17. The molecule has 128 valence electrons. The Labute approximate surface area is 128 Å². The van der Waals surface area contributed by atoms with E-state index in [0.717, 1.165) is 12.1 Å². The maximum absolute atomic E-state index is 12.7. The molecule has 0 aliphatic carbocycles. The monoisotopic (exact) mass is 340 g/mol. The number of carbonyl (C=O) groups excluding carboxylic acids is 2. The van der Waals surface area contributed by atoms with Gasteiger partial charge in [0.05, 0.1) is 6.61 Å². The SMILES string of the molecule is CCOC(=O)CCc1ccc(OC(=O)C(F)(F)C(F)(F)F)cc1.